The lowest BCUT2D eigenvalue weighted by Crippen LogP contribution is -2.59. The minimum absolute atomic E-state index is 0.279. The van der Waals surface area contributed by atoms with Crippen LogP contribution >= 0.6 is 0 Å². The Bertz CT molecular complexity index is 299. The van der Waals surface area contributed by atoms with Gasteiger partial charge in [-0.25, -0.2) is 0 Å². The van der Waals surface area contributed by atoms with Crippen molar-refractivity contribution in [1.82, 2.24) is 0 Å². The lowest BCUT2D eigenvalue weighted by Gasteiger charge is -2.36. The molecular formula is C12H20F3NO. The smallest absolute Gasteiger partial charge is 0.312 e. The van der Waals surface area contributed by atoms with E-state index < -0.39 is 23.4 Å². The van der Waals surface area contributed by atoms with Crippen molar-refractivity contribution in [3.8, 4) is 0 Å². The largest absolute Gasteiger partial charge is 0.413 e. The van der Waals surface area contributed by atoms with Crippen LogP contribution < -0.4 is 5.73 Å². The number of alkyl halides is 3. The lowest BCUT2D eigenvalue weighted by molar-refractivity contribution is -0.189. The van der Waals surface area contributed by atoms with Crippen LogP contribution in [0.4, 0.5) is 13.2 Å². The van der Waals surface area contributed by atoms with E-state index in [4.69, 9.17) is 5.73 Å². The Balaban J connectivity index is 2.78. The number of rotatable bonds is 2. The molecule has 0 aromatic carbocycles. The Labute approximate surface area is 99.7 Å². The Kier molecular flexibility index (Phi) is 3.91. The first-order valence-electron chi connectivity index (χ1n) is 5.97. The molecule has 100 valence electrons. The zero-order valence-corrected chi connectivity index (χ0v) is 10.5. The fraction of sp³-hybridized carbons (Fsp3) is 0.917. The van der Waals surface area contributed by atoms with Crippen LogP contribution in [0.5, 0.6) is 0 Å². The number of hydrogen-bond donors (Lipinski definition) is 1. The van der Waals surface area contributed by atoms with Crippen LogP contribution in [0.2, 0.25) is 0 Å². The summed E-state index contributed by atoms with van der Waals surface area (Å²) < 4.78 is 38.0. The number of halogens is 3. The van der Waals surface area contributed by atoms with Gasteiger partial charge in [0.1, 0.15) is 0 Å². The normalized spacial score (nSPS) is 34.2. The van der Waals surface area contributed by atoms with Gasteiger partial charge in [0.2, 0.25) is 0 Å². The minimum atomic E-state index is -4.67. The monoisotopic (exact) mass is 251 g/mol. The number of nitrogens with two attached hydrogens (primary N) is 1. The van der Waals surface area contributed by atoms with Crippen molar-refractivity contribution in [2.45, 2.75) is 51.7 Å². The molecule has 0 amide bonds. The number of carbonyl (C=O) groups excluding carboxylic acids is 1. The molecule has 0 heterocycles. The summed E-state index contributed by atoms with van der Waals surface area (Å²) in [5, 5.41) is 0. The van der Waals surface area contributed by atoms with Crippen LogP contribution in [0.25, 0.3) is 0 Å². The summed E-state index contributed by atoms with van der Waals surface area (Å²) in [5.74, 6) is -0.655. The van der Waals surface area contributed by atoms with Crippen molar-refractivity contribution in [2.75, 3.05) is 0 Å². The molecule has 0 spiro atoms. The molecule has 1 fully saturated rings. The van der Waals surface area contributed by atoms with Gasteiger partial charge < -0.3 is 5.73 Å². The van der Waals surface area contributed by atoms with Crippen molar-refractivity contribution in [3.63, 3.8) is 0 Å². The molecule has 0 saturated heterocycles. The average Bonchev–Trinajstić information content (AvgIpc) is 2.19. The van der Waals surface area contributed by atoms with Gasteiger partial charge in [-0.1, -0.05) is 13.8 Å². The molecule has 0 aromatic heterocycles. The Morgan fingerprint density at radius 2 is 1.71 bits per heavy atom. The average molecular weight is 251 g/mol. The molecule has 17 heavy (non-hydrogen) atoms. The van der Waals surface area contributed by atoms with Gasteiger partial charge in [-0.3, -0.25) is 4.79 Å². The molecule has 0 radical (unpaired) electrons. The maximum atomic E-state index is 12.7. The maximum Gasteiger partial charge on any atom is 0.413 e. The summed E-state index contributed by atoms with van der Waals surface area (Å²) in [6, 6.07) is 0. The van der Waals surface area contributed by atoms with Gasteiger partial charge in [0.15, 0.2) is 11.3 Å². The standard InChI is InChI=1S/C12H20F3NO/c1-7-4-5-9(6-8(7)2)10(17)11(3,16)12(13,14)15/h7-9H,4-6,16H2,1-3H3. The summed E-state index contributed by atoms with van der Waals surface area (Å²) >= 11 is 0. The molecule has 5 heteroatoms. The summed E-state index contributed by atoms with van der Waals surface area (Å²) in [7, 11) is 0. The van der Waals surface area contributed by atoms with E-state index in [0.29, 0.717) is 18.8 Å². The molecule has 1 rings (SSSR count). The quantitative estimate of drug-likeness (QED) is 0.820. The van der Waals surface area contributed by atoms with Crippen molar-refractivity contribution >= 4 is 5.78 Å². The summed E-state index contributed by atoms with van der Waals surface area (Å²) in [6.07, 6.45) is -2.84. The highest BCUT2D eigenvalue weighted by Crippen LogP contribution is 2.38. The van der Waals surface area contributed by atoms with E-state index in [1.54, 1.807) is 0 Å². The second-order valence-corrected chi connectivity index (χ2v) is 5.53. The van der Waals surface area contributed by atoms with Gasteiger partial charge in [-0.05, 0) is 38.0 Å². The van der Waals surface area contributed by atoms with Crippen LogP contribution in [-0.4, -0.2) is 17.5 Å². The van der Waals surface area contributed by atoms with Crippen molar-refractivity contribution in [2.24, 2.45) is 23.5 Å². The number of carbonyl (C=O) groups is 1. The SMILES string of the molecule is CC1CCC(C(=O)C(C)(N)C(F)(F)F)CC1C. The third kappa shape index (κ3) is 2.81. The van der Waals surface area contributed by atoms with E-state index in [9.17, 15) is 18.0 Å². The first-order chi connectivity index (χ1) is 7.57. The van der Waals surface area contributed by atoms with Gasteiger partial charge >= 0.3 is 6.18 Å². The van der Waals surface area contributed by atoms with E-state index in [1.165, 1.54) is 0 Å². The molecule has 4 unspecified atom stereocenters. The van der Waals surface area contributed by atoms with Crippen LogP contribution in [0, 0.1) is 17.8 Å². The predicted molar refractivity (Wildman–Crippen MR) is 59.3 cm³/mol. The molecule has 0 aliphatic heterocycles. The Morgan fingerprint density at radius 1 is 1.18 bits per heavy atom. The number of hydrogen-bond acceptors (Lipinski definition) is 2. The minimum Gasteiger partial charge on any atom is -0.312 e. The third-order valence-corrected chi connectivity index (χ3v) is 4.07. The van der Waals surface area contributed by atoms with Crippen molar-refractivity contribution in [1.29, 1.82) is 0 Å². The second kappa shape index (κ2) is 4.59. The predicted octanol–water partition coefficient (Wildman–Crippen LogP) is 2.91. The first-order valence-corrected chi connectivity index (χ1v) is 5.97. The molecule has 2 N–H and O–H groups in total. The van der Waals surface area contributed by atoms with Gasteiger partial charge in [-0.15, -0.1) is 0 Å². The molecule has 0 bridgehead atoms. The highest BCUT2D eigenvalue weighted by molar-refractivity contribution is 5.90. The Morgan fingerprint density at radius 3 is 2.12 bits per heavy atom. The number of Topliss-reactive ketones (excluding diaryl/α,β-unsaturated/α-hetero) is 1. The third-order valence-electron chi connectivity index (χ3n) is 4.07. The molecule has 1 aliphatic carbocycles. The summed E-state index contributed by atoms with van der Waals surface area (Å²) in [5.41, 5.74) is 2.46. The molecule has 4 atom stereocenters. The van der Waals surface area contributed by atoms with Gasteiger partial charge in [0.05, 0.1) is 0 Å². The van der Waals surface area contributed by atoms with E-state index in [1.807, 2.05) is 6.92 Å². The van der Waals surface area contributed by atoms with Gasteiger partial charge in [-0.2, -0.15) is 13.2 Å². The van der Waals surface area contributed by atoms with E-state index in [-0.39, 0.29) is 5.92 Å². The maximum absolute atomic E-state index is 12.7. The zero-order chi connectivity index (χ0) is 13.4. The van der Waals surface area contributed by atoms with E-state index >= 15 is 0 Å². The van der Waals surface area contributed by atoms with Gasteiger partial charge in [0, 0.05) is 5.92 Å². The van der Waals surface area contributed by atoms with Crippen LogP contribution in [-0.2, 0) is 4.79 Å². The second-order valence-electron chi connectivity index (χ2n) is 5.53. The lowest BCUT2D eigenvalue weighted by atomic mass is 9.71. The van der Waals surface area contributed by atoms with E-state index in [2.05, 4.69) is 6.92 Å². The van der Waals surface area contributed by atoms with Crippen molar-refractivity contribution in [3.05, 3.63) is 0 Å². The summed E-state index contributed by atoms with van der Waals surface area (Å²) in [6.45, 7) is 4.82. The van der Waals surface area contributed by atoms with Crippen LogP contribution in [0.1, 0.15) is 40.0 Å². The Hall–Kier alpha value is -0.580. The highest BCUT2D eigenvalue weighted by atomic mass is 19.4. The molecule has 0 aromatic rings. The summed E-state index contributed by atoms with van der Waals surface area (Å²) in [4.78, 5) is 11.9. The van der Waals surface area contributed by atoms with Crippen molar-refractivity contribution < 1.29 is 18.0 Å². The van der Waals surface area contributed by atoms with Crippen LogP contribution in [0.15, 0.2) is 0 Å². The molecule has 1 aliphatic rings. The fourth-order valence-electron chi connectivity index (χ4n) is 2.35. The highest BCUT2D eigenvalue weighted by Gasteiger charge is 2.55. The molecular weight excluding hydrogens is 231 g/mol. The molecule has 1 saturated carbocycles. The zero-order valence-electron chi connectivity index (χ0n) is 10.5. The van der Waals surface area contributed by atoms with E-state index in [0.717, 1.165) is 13.3 Å². The first kappa shape index (κ1) is 14.5. The fourth-order valence-corrected chi connectivity index (χ4v) is 2.35. The topological polar surface area (TPSA) is 43.1 Å². The van der Waals surface area contributed by atoms with Gasteiger partial charge in [0.25, 0.3) is 0 Å². The molecule has 2 nitrogen and oxygen atoms in total. The number of ketones is 1. The van der Waals surface area contributed by atoms with Crippen LogP contribution in [0.3, 0.4) is 0 Å².